The Labute approximate surface area is 95.9 Å². The van der Waals surface area contributed by atoms with E-state index in [0.29, 0.717) is 33.0 Å². The smallest absolute Gasteiger partial charge is 0.323 e. The van der Waals surface area contributed by atoms with Crippen LogP contribution in [0.1, 0.15) is 6.92 Å². The molecule has 96 valence electrons. The highest BCUT2D eigenvalue weighted by Crippen LogP contribution is 1.87. The Morgan fingerprint density at radius 3 is 2.44 bits per heavy atom. The molecule has 0 aromatic heterocycles. The average Bonchev–Trinajstić information content (AvgIpc) is 2.26. The van der Waals surface area contributed by atoms with Gasteiger partial charge in [-0.3, -0.25) is 4.79 Å². The van der Waals surface area contributed by atoms with Crippen LogP contribution in [0.2, 0.25) is 0 Å². The fourth-order valence-electron chi connectivity index (χ4n) is 1.03. The fourth-order valence-corrected chi connectivity index (χ4v) is 1.03. The van der Waals surface area contributed by atoms with Gasteiger partial charge in [0.05, 0.1) is 33.0 Å². The number of hydrogen-bond acceptors (Lipinski definition) is 5. The van der Waals surface area contributed by atoms with Gasteiger partial charge in [0, 0.05) is 7.11 Å². The minimum Gasteiger partial charge on any atom is -0.480 e. The van der Waals surface area contributed by atoms with Crippen molar-refractivity contribution in [3.63, 3.8) is 0 Å². The monoisotopic (exact) mass is 235 g/mol. The van der Waals surface area contributed by atoms with Crippen molar-refractivity contribution < 1.29 is 24.1 Å². The van der Waals surface area contributed by atoms with Crippen LogP contribution < -0.4 is 5.32 Å². The van der Waals surface area contributed by atoms with Crippen LogP contribution in [0.5, 0.6) is 0 Å². The minimum absolute atomic E-state index is 0.150. The van der Waals surface area contributed by atoms with E-state index >= 15 is 0 Å². The van der Waals surface area contributed by atoms with E-state index in [4.69, 9.17) is 19.3 Å². The van der Waals surface area contributed by atoms with Gasteiger partial charge in [-0.2, -0.15) is 0 Å². The molecule has 0 amide bonds. The Balaban J connectivity index is 3.37. The number of likely N-dealkylation sites (N-methyl/N-ethyl adjacent to an activating group) is 1. The molecule has 1 unspecified atom stereocenters. The SMILES string of the molecule is CCNC(COCCOCCOC)C(=O)O. The molecule has 0 saturated heterocycles. The first-order valence-electron chi connectivity index (χ1n) is 5.33. The van der Waals surface area contributed by atoms with Crippen LogP contribution in [-0.2, 0) is 19.0 Å². The zero-order valence-electron chi connectivity index (χ0n) is 9.90. The van der Waals surface area contributed by atoms with Crippen LogP contribution in [0, 0.1) is 0 Å². The molecular formula is C10H21NO5. The summed E-state index contributed by atoms with van der Waals surface area (Å²) < 4.78 is 15.1. The van der Waals surface area contributed by atoms with Crippen LogP contribution in [-0.4, -0.2) is 63.8 Å². The molecule has 0 aromatic rings. The Morgan fingerprint density at radius 1 is 1.25 bits per heavy atom. The van der Waals surface area contributed by atoms with Gasteiger partial charge in [0.15, 0.2) is 0 Å². The summed E-state index contributed by atoms with van der Waals surface area (Å²) in [7, 11) is 1.60. The molecule has 1 atom stereocenters. The number of ether oxygens (including phenoxy) is 3. The number of carboxylic acids is 1. The van der Waals surface area contributed by atoms with Crippen molar-refractivity contribution in [2.75, 3.05) is 46.7 Å². The topological polar surface area (TPSA) is 77.0 Å². The van der Waals surface area contributed by atoms with Crippen LogP contribution in [0.4, 0.5) is 0 Å². The van der Waals surface area contributed by atoms with Crippen molar-refractivity contribution in [3.8, 4) is 0 Å². The van der Waals surface area contributed by atoms with Crippen molar-refractivity contribution in [1.82, 2.24) is 5.32 Å². The fraction of sp³-hybridized carbons (Fsp3) is 0.900. The lowest BCUT2D eigenvalue weighted by atomic mass is 10.3. The second-order valence-corrected chi connectivity index (χ2v) is 3.13. The highest BCUT2D eigenvalue weighted by Gasteiger charge is 2.15. The maximum absolute atomic E-state index is 10.7. The Morgan fingerprint density at radius 2 is 1.88 bits per heavy atom. The number of rotatable bonds is 11. The number of nitrogens with one attached hydrogen (secondary N) is 1. The molecule has 2 N–H and O–H groups in total. The van der Waals surface area contributed by atoms with Gasteiger partial charge in [0.1, 0.15) is 6.04 Å². The standard InChI is InChI=1S/C10H21NO5/c1-3-11-9(10(12)13)8-16-7-6-15-5-4-14-2/h9,11H,3-8H2,1-2H3,(H,12,13). The maximum atomic E-state index is 10.7. The lowest BCUT2D eigenvalue weighted by molar-refractivity contribution is -0.141. The summed E-state index contributed by atoms with van der Waals surface area (Å²) in [5, 5.41) is 11.6. The predicted octanol–water partition coefficient (Wildman–Crippen LogP) is -0.271. The number of methoxy groups -OCH3 is 1. The van der Waals surface area contributed by atoms with E-state index in [0.717, 1.165) is 0 Å². The zero-order chi connectivity index (χ0) is 12.2. The quantitative estimate of drug-likeness (QED) is 0.480. The molecule has 0 saturated carbocycles. The predicted molar refractivity (Wildman–Crippen MR) is 58.6 cm³/mol. The molecule has 0 aliphatic heterocycles. The number of aliphatic carboxylic acids is 1. The van der Waals surface area contributed by atoms with Crippen LogP contribution in [0.25, 0.3) is 0 Å². The number of carbonyl (C=O) groups is 1. The molecule has 0 heterocycles. The molecule has 0 spiro atoms. The van der Waals surface area contributed by atoms with Gasteiger partial charge in [-0.15, -0.1) is 0 Å². The summed E-state index contributed by atoms with van der Waals surface area (Å²) in [6, 6.07) is -0.649. The van der Waals surface area contributed by atoms with Crippen molar-refractivity contribution in [2.24, 2.45) is 0 Å². The highest BCUT2D eigenvalue weighted by atomic mass is 16.5. The van der Waals surface area contributed by atoms with E-state index in [9.17, 15) is 4.79 Å². The molecule has 0 aromatic carbocycles. The van der Waals surface area contributed by atoms with E-state index < -0.39 is 12.0 Å². The van der Waals surface area contributed by atoms with Gasteiger partial charge in [0.2, 0.25) is 0 Å². The largest absolute Gasteiger partial charge is 0.480 e. The molecule has 0 rings (SSSR count). The molecule has 0 aliphatic rings. The Bertz CT molecular complexity index is 177. The van der Waals surface area contributed by atoms with E-state index in [2.05, 4.69) is 5.32 Å². The van der Waals surface area contributed by atoms with Crippen molar-refractivity contribution in [2.45, 2.75) is 13.0 Å². The molecule has 6 nitrogen and oxygen atoms in total. The van der Waals surface area contributed by atoms with E-state index in [1.54, 1.807) is 7.11 Å². The third-order valence-electron chi connectivity index (χ3n) is 1.84. The number of carboxylic acid groups (broad SMARTS) is 1. The maximum Gasteiger partial charge on any atom is 0.323 e. The van der Waals surface area contributed by atoms with Gasteiger partial charge in [-0.25, -0.2) is 0 Å². The van der Waals surface area contributed by atoms with Gasteiger partial charge < -0.3 is 24.6 Å². The average molecular weight is 235 g/mol. The zero-order valence-corrected chi connectivity index (χ0v) is 9.90. The lowest BCUT2D eigenvalue weighted by Gasteiger charge is -2.13. The minimum atomic E-state index is -0.901. The summed E-state index contributed by atoms with van der Waals surface area (Å²) in [5.41, 5.74) is 0. The summed E-state index contributed by atoms with van der Waals surface area (Å²) in [4.78, 5) is 10.7. The van der Waals surface area contributed by atoms with Crippen molar-refractivity contribution in [3.05, 3.63) is 0 Å². The third kappa shape index (κ3) is 8.60. The van der Waals surface area contributed by atoms with Gasteiger partial charge in [-0.05, 0) is 6.54 Å². The van der Waals surface area contributed by atoms with Crippen molar-refractivity contribution in [1.29, 1.82) is 0 Å². The first-order valence-corrected chi connectivity index (χ1v) is 5.33. The van der Waals surface area contributed by atoms with E-state index in [1.807, 2.05) is 6.92 Å². The van der Waals surface area contributed by atoms with E-state index in [1.165, 1.54) is 0 Å². The first kappa shape index (κ1) is 15.3. The van der Waals surface area contributed by atoms with Gasteiger partial charge in [-0.1, -0.05) is 6.92 Å². The Kier molecular flexibility index (Phi) is 10.3. The molecule has 0 bridgehead atoms. The highest BCUT2D eigenvalue weighted by molar-refractivity contribution is 5.73. The van der Waals surface area contributed by atoms with Gasteiger partial charge >= 0.3 is 5.97 Å². The van der Waals surface area contributed by atoms with E-state index in [-0.39, 0.29) is 6.61 Å². The van der Waals surface area contributed by atoms with Crippen molar-refractivity contribution >= 4 is 5.97 Å². The number of hydrogen-bond donors (Lipinski definition) is 2. The first-order chi connectivity index (χ1) is 7.72. The van der Waals surface area contributed by atoms with Gasteiger partial charge in [0.25, 0.3) is 0 Å². The van der Waals surface area contributed by atoms with Crippen LogP contribution in [0.3, 0.4) is 0 Å². The molecule has 0 aliphatic carbocycles. The van der Waals surface area contributed by atoms with Crippen LogP contribution >= 0.6 is 0 Å². The summed E-state index contributed by atoms with van der Waals surface area (Å²) >= 11 is 0. The second-order valence-electron chi connectivity index (χ2n) is 3.13. The molecule has 0 radical (unpaired) electrons. The van der Waals surface area contributed by atoms with Crippen LogP contribution in [0.15, 0.2) is 0 Å². The summed E-state index contributed by atoms with van der Waals surface area (Å²) in [6.07, 6.45) is 0. The third-order valence-corrected chi connectivity index (χ3v) is 1.84. The molecular weight excluding hydrogens is 214 g/mol. The summed E-state index contributed by atoms with van der Waals surface area (Å²) in [5.74, 6) is -0.901. The second kappa shape index (κ2) is 10.8. The molecule has 0 fully saturated rings. The lowest BCUT2D eigenvalue weighted by Crippen LogP contribution is -2.40. The normalized spacial score (nSPS) is 12.6. The molecule has 6 heteroatoms. The Hall–Kier alpha value is -0.690. The molecule has 16 heavy (non-hydrogen) atoms. The summed E-state index contributed by atoms with van der Waals surface area (Å²) in [6.45, 7) is 4.51.